The molecule has 0 fully saturated rings. The van der Waals surface area contributed by atoms with Gasteiger partial charge in [0.05, 0.1) is 11.8 Å². The molecule has 0 aliphatic carbocycles. The second-order valence-electron chi connectivity index (χ2n) is 3.02. The summed E-state index contributed by atoms with van der Waals surface area (Å²) in [4.78, 5) is 0. The van der Waals surface area contributed by atoms with Crippen molar-refractivity contribution in [3.8, 4) is 0 Å². The molecule has 9 heteroatoms. The summed E-state index contributed by atoms with van der Waals surface area (Å²) in [5.74, 6) is -1.82. The fourth-order valence-corrected chi connectivity index (χ4v) is 1.02. The van der Waals surface area contributed by atoms with Gasteiger partial charge in [0.15, 0.2) is 0 Å². The summed E-state index contributed by atoms with van der Waals surface area (Å²) in [5.41, 5.74) is 5.72. The van der Waals surface area contributed by atoms with Crippen LogP contribution in [0.3, 0.4) is 0 Å². The summed E-state index contributed by atoms with van der Waals surface area (Å²) in [6.45, 7) is 0. The third kappa shape index (κ3) is 4.58. The van der Waals surface area contributed by atoms with Gasteiger partial charge in [0, 0.05) is 0 Å². The Morgan fingerprint density at radius 1 is 1.39 bits per heavy atom. The summed E-state index contributed by atoms with van der Waals surface area (Å²) in [6, 6.07) is 2.36. The van der Waals surface area contributed by atoms with Crippen LogP contribution in [0.15, 0.2) is 23.3 Å². The van der Waals surface area contributed by atoms with Gasteiger partial charge in [-0.1, -0.05) is 6.07 Å². The predicted octanol–water partition coefficient (Wildman–Crippen LogP) is 2.08. The number of alkyl halides is 3. The Bertz CT molecular complexity index is 458. The quantitative estimate of drug-likeness (QED) is 0.337. The Labute approximate surface area is 106 Å². The Hall–Kier alpha value is -1.83. The Balaban J connectivity index is 0.00000289. The van der Waals surface area contributed by atoms with Crippen molar-refractivity contribution in [1.82, 2.24) is 5.43 Å². The van der Waals surface area contributed by atoms with Gasteiger partial charge in [-0.05, 0) is 17.7 Å². The first kappa shape index (κ1) is 16.2. The van der Waals surface area contributed by atoms with Crippen molar-refractivity contribution in [1.29, 1.82) is 5.41 Å². The average molecular weight is 285 g/mol. The van der Waals surface area contributed by atoms with E-state index in [2.05, 4.69) is 5.10 Å². The number of guanidine groups is 1. The zero-order valence-electron chi connectivity index (χ0n) is 8.75. The first-order valence-electron chi connectivity index (χ1n) is 4.30. The van der Waals surface area contributed by atoms with E-state index in [0.717, 1.165) is 12.3 Å². The molecule has 0 saturated carbocycles. The van der Waals surface area contributed by atoms with Crippen molar-refractivity contribution in [2.45, 2.75) is 6.18 Å². The number of nitrogens with one attached hydrogen (secondary N) is 2. The van der Waals surface area contributed by atoms with E-state index in [4.69, 9.17) is 11.1 Å². The molecule has 1 rings (SSSR count). The molecule has 0 heterocycles. The van der Waals surface area contributed by atoms with Gasteiger partial charge < -0.3 is 5.73 Å². The van der Waals surface area contributed by atoms with Crippen molar-refractivity contribution >= 4 is 24.6 Å². The number of hydrazone groups is 1. The fraction of sp³-hybridized carbons (Fsp3) is 0.111. The molecule has 0 bridgehead atoms. The van der Waals surface area contributed by atoms with Crippen LogP contribution in [0.1, 0.15) is 11.1 Å². The van der Waals surface area contributed by atoms with Gasteiger partial charge in [-0.3, -0.25) is 5.41 Å². The molecule has 0 aromatic heterocycles. The molecule has 4 N–H and O–H groups in total. The molecule has 0 radical (unpaired) electrons. The van der Waals surface area contributed by atoms with E-state index < -0.39 is 23.5 Å². The first-order chi connectivity index (χ1) is 7.80. The molecule has 0 atom stereocenters. The van der Waals surface area contributed by atoms with E-state index in [-0.39, 0.29) is 18.0 Å². The lowest BCUT2D eigenvalue weighted by Crippen LogP contribution is -2.25. The smallest absolute Gasteiger partial charge is 0.369 e. The van der Waals surface area contributed by atoms with Gasteiger partial charge in [-0.2, -0.15) is 18.3 Å². The molecule has 100 valence electrons. The third-order valence-electron chi connectivity index (χ3n) is 1.70. The van der Waals surface area contributed by atoms with Crippen LogP contribution in [0.25, 0.3) is 0 Å². The first-order valence-corrected chi connectivity index (χ1v) is 4.30. The maximum Gasteiger partial charge on any atom is 0.419 e. The molecule has 0 saturated heterocycles. The second kappa shape index (κ2) is 6.20. The van der Waals surface area contributed by atoms with Crippen molar-refractivity contribution in [2.24, 2.45) is 10.8 Å². The predicted molar refractivity (Wildman–Crippen MR) is 61.3 cm³/mol. The Morgan fingerprint density at radius 2 is 2.00 bits per heavy atom. The van der Waals surface area contributed by atoms with Crippen LogP contribution in [0.2, 0.25) is 0 Å². The number of benzene rings is 1. The van der Waals surface area contributed by atoms with Crippen molar-refractivity contribution in [2.75, 3.05) is 0 Å². The van der Waals surface area contributed by atoms with Crippen molar-refractivity contribution in [3.05, 3.63) is 35.1 Å². The minimum absolute atomic E-state index is 0. The highest BCUT2D eigenvalue weighted by atomic mass is 35.5. The number of nitrogens with two attached hydrogens (primary N) is 1. The lowest BCUT2D eigenvalue weighted by molar-refractivity contribution is -0.140. The van der Waals surface area contributed by atoms with E-state index in [9.17, 15) is 17.6 Å². The van der Waals surface area contributed by atoms with Crippen LogP contribution >= 0.6 is 12.4 Å². The van der Waals surface area contributed by atoms with Gasteiger partial charge in [-0.25, -0.2) is 9.82 Å². The number of rotatable bonds is 2. The van der Waals surface area contributed by atoms with Gasteiger partial charge in [0.2, 0.25) is 5.96 Å². The lowest BCUT2D eigenvalue weighted by atomic mass is 10.1. The fourth-order valence-electron chi connectivity index (χ4n) is 1.02. The highest BCUT2D eigenvalue weighted by molar-refractivity contribution is 5.85. The van der Waals surface area contributed by atoms with Crippen LogP contribution in [0.5, 0.6) is 0 Å². The van der Waals surface area contributed by atoms with Crippen molar-refractivity contribution < 1.29 is 17.6 Å². The van der Waals surface area contributed by atoms with Gasteiger partial charge >= 0.3 is 6.18 Å². The summed E-state index contributed by atoms with van der Waals surface area (Å²) in [6.07, 6.45) is -3.68. The van der Waals surface area contributed by atoms with Crippen LogP contribution in [-0.4, -0.2) is 12.2 Å². The van der Waals surface area contributed by atoms with Crippen LogP contribution in [0, 0.1) is 11.2 Å². The highest BCUT2D eigenvalue weighted by Crippen LogP contribution is 2.31. The van der Waals surface area contributed by atoms with Gasteiger partial charge in [0.1, 0.15) is 5.82 Å². The summed E-state index contributed by atoms with van der Waals surface area (Å²) >= 11 is 0. The van der Waals surface area contributed by atoms with E-state index in [1.807, 2.05) is 5.43 Å². The largest absolute Gasteiger partial charge is 0.419 e. The van der Waals surface area contributed by atoms with E-state index in [1.54, 1.807) is 0 Å². The van der Waals surface area contributed by atoms with E-state index in [0.29, 0.717) is 12.1 Å². The normalized spacial score (nSPS) is 11.1. The SMILES string of the molecule is Cl.N=C(N)N/N=C/c1ccc(C(F)(F)F)c(F)c1. The molecule has 1 aromatic carbocycles. The highest BCUT2D eigenvalue weighted by Gasteiger charge is 2.33. The third-order valence-corrected chi connectivity index (χ3v) is 1.70. The number of halogens is 5. The Morgan fingerprint density at radius 3 is 2.44 bits per heavy atom. The van der Waals surface area contributed by atoms with E-state index in [1.165, 1.54) is 0 Å². The molecular weight excluding hydrogens is 276 g/mol. The van der Waals surface area contributed by atoms with Gasteiger partial charge in [-0.15, -0.1) is 12.4 Å². The molecule has 0 aliphatic rings. The number of nitrogens with zero attached hydrogens (tertiary/aromatic N) is 1. The molecule has 0 aliphatic heterocycles. The molecule has 1 aromatic rings. The average Bonchev–Trinajstić information content (AvgIpc) is 2.14. The maximum absolute atomic E-state index is 13.1. The van der Waals surface area contributed by atoms with Crippen molar-refractivity contribution in [3.63, 3.8) is 0 Å². The van der Waals surface area contributed by atoms with Crippen LogP contribution in [-0.2, 0) is 6.18 Å². The molecule has 0 amide bonds. The molecule has 18 heavy (non-hydrogen) atoms. The molecular formula is C9H9ClF4N4. The van der Waals surface area contributed by atoms with E-state index >= 15 is 0 Å². The number of hydrogen-bond donors (Lipinski definition) is 3. The van der Waals surface area contributed by atoms with Crippen LogP contribution < -0.4 is 11.2 Å². The van der Waals surface area contributed by atoms with Crippen LogP contribution in [0.4, 0.5) is 17.6 Å². The molecule has 0 spiro atoms. The zero-order valence-corrected chi connectivity index (χ0v) is 9.57. The monoisotopic (exact) mass is 284 g/mol. The maximum atomic E-state index is 13.1. The number of hydrogen-bond acceptors (Lipinski definition) is 2. The molecule has 4 nitrogen and oxygen atoms in total. The topological polar surface area (TPSA) is 74.3 Å². The summed E-state index contributed by atoms with van der Waals surface area (Å²) in [5, 5.41) is 10.2. The lowest BCUT2D eigenvalue weighted by Gasteiger charge is -2.07. The standard InChI is InChI=1S/C9H8F4N4.ClH/c10-7-3-5(4-16-17-8(14)15)1-2-6(7)9(11,12)13;/h1-4H,(H4,14,15,17);1H/b16-4+;. The Kier molecular flexibility index (Phi) is 5.57. The minimum atomic E-state index is -4.72. The zero-order chi connectivity index (χ0) is 13.1. The molecule has 0 unspecified atom stereocenters. The minimum Gasteiger partial charge on any atom is -0.369 e. The van der Waals surface area contributed by atoms with Gasteiger partial charge in [0.25, 0.3) is 0 Å². The second-order valence-corrected chi connectivity index (χ2v) is 3.02. The summed E-state index contributed by atoms with van der Waals surface area (Å²) < 4.78 is 49.7. The summed E-state index contributed by atoms with van der Waals surface area (Å²) in [7, 11) is 0.